The van der Waals surface area contributed by atoms with E-state index in [1.807, 2.05) is 54.4 Å². The van der Waals surface area contributed by atoms with Crippen LogP contribution in [0.1, 0.15) is 11.1 Å². The first kappa shape index (κ1) is 16.0. The number of amides is 1. The Hall–Kier alpha value is -2.33. The number of carbonyl (C=O) groups is 1. The van der Waals surface area contributed by atoms with Crippen LogP contribution in [0.3, 0.4) is 0 Å². The standard InChI is InChI=1S/C18H22N2O2/c1-20(13-16-6-4-3-5-7-16)14-18(21)19-12-15-8-10-17(22-2)11-9-15/h3-11H,12-14H2,1-2H3,(H,19,21). The van der Waals surface area contributed by atoms with Crippen molar-refractivity contribution < 1.29 is 9.53 Å². The highest BCUT2D eigenvalue weighted by molar-refractivity contribution is 5.77. The van der Waals surface area contributed by atoms with Gasteiger partial charge >= 0.3 is 0 Å². The molecule has 0 aliphatic heterocycles. The van der Waals surface area contributed by atoms with Crippen molar-refractivity contribution in [2.45, 2.75) is 13.1 Å². The van der Waals surface area contributed by atoms with E-state index in [0.29, 0.717) is 13.1 Å². The minimum absolute atomic E-state index is 0.0225. The molecular weight excluding hydrogens is 276 g/mol. The molecule has 0 heterocycles. The van der Waals surface area contributed by atoms with Crippen molar-refractivity contribution in [3.8, 4) is 5.75 Å². The van der Waals surface area contributed by atoms with Crippen molar-refractivity contribution in [3.63, 3.8) is 0 Å². The number of nitrogens with zero attached hydrogens (tertiary/aromatic N) is 1. The van der Waals surface area contributed by atoms with Crippen molar-refractivity contribution in [1.29, 1.82) is 0 Å². The van der Waals surface area contributed by atoms with Crippen LogP contribution < -0.4 is 10.1 Å². The van der Waals surface area contributed by atoms with Crippen LogP contribution >= 0.6 is 0 Å². The van der Waals surface area contributed by atoms with Gasteiger partial charge in [-0.2, -0.15) is 0 Å². The van der Waals surface area contributed by atoms with Gasteiger partial charge in [-0.05, 0) is 30.3 Å². The zero-order valence-electron chi connectivity index (χ0n) is 13.1. The Morgan fingerprint density at radius 2 is 1.73 bits per heavy atom. The van der Waals surface area contributed by atoms with Crippen LogP contribution in [-0.2, 0) is 17.9 Å². The lowest BCUT2D eigenvalue weighted by Gasteiger charge is -2.16. The fraction of sp³-hybridized carbons (Fsp3) is 0.278. The molecule has 2 aromatic carbocycles. The first-order valence-electron chi connectivity index (χ1n) is 7.29. The summed E-state index contributed by atoms with van der Waals surface area (Å²) in [6, 6.07) is 17.8. The summed E-state index contributed by atoms with van der Waals surface area (Å²) in [4.78, 5) is 14.0. The van der Waals surface area contributed by atoms with Crippen molar-refractivity contribution in [1.82, 2.24) is 10.2 Å². The maximum atomic E-state index is 12.0. The lowest BCUT2D eigenvalue weighted by molar-refractivity contribution is -0.122. The Bertz CT molecular complexity index is 582. The Morgan fingerprint density at radius 1 is 1.05 bits per heavy atom. The third-order valence-electron chi connectivity index (χ3n) is 3.36. The molecule has 0 aromatic heterocycles. The molecule has 116 valence electrons. The molecule has 2 aromatic rings. The summed E-state index contributed by atoms with van der Waals surface area (Å²) in [5.41, 5.74) is 2.26. The molecule has 4 nitrogen and oxygen atoms in total. The highest BCUT2D eigenvalue weighted by Gasteiger charge is 2.07. The van der Waals surface area contributed by atoms with E-state index in [2.05, 4.69) is 17.4 Å². The number of methoxy groups -OCH3 is 1. The first-order valence-corrected chi connectivity index (χ1v) is 7.29. The molecule has 0 atom stereocenters. The second-order valence-electron chi connectivity index (χ2n) is 5.28. The number of hydrogen-bond donors (Lipinski definition) is 1. The summed E-state index contributed by atoms with van der Waals surface area (Å²) in [5.74, 6) is 0.840. The van der Waals surface area contributed by atoms with Gasteiger partial charge in [0.05, 0.1) is 13.7 Å². The summed E-state index contributed by atoms with van der Waals surface area (Å²) in [6.45, 7) is 1.67. The summed E-state index contributed by atoms with van der Waals surface area (Å²) in [6.07, 6.45) is 0. The molecule has 22 heavy (non-hydrogen) atoms. The van der Waals surface area contributed by atoms with Gasteiger partial charge in [0.1, 0.15) is 5.75 Å². The number of benzene rings is 2. The van der Waals surface area contributed by atoms with E-state index in [-0.39, 0.29) is 5.91 Å². The average molecular weight is 298 g/mol. The average Bonchev–Trinajstić information content (AvgIpc) is 2.54. The molecule has 0 radical (unpaired) electrons. The molecular formula is C18H22N2O2. The third kappa shape index (κ3) is 5.22. The number of nitrogens with one attached hydrogen (secondary N) is 1. The molecule has 4 heteroatoms. The van der Waals surface area contributed by atoms with Crippen molar-refractivity contribution in [3.05, 3.63) is 65.7 Å². The molecule has 0 fully saturated rings. The van der Waals surface area contributed by atoms with Crippen molar-refractivity contribution in [2.24, 2.45) is 0 Å². The van der Waals surface area contributed by atoms with E-state index in [0.717, 1.165) is 17.9 Å². The van der Waals surface area contributed by atoms with E-state index >= 15 is 0 Å². The maximum Gasteiger partial charge on any atom is 0.234 e. The molecule has 1 N–H and O–H groups in total. The minimum atomic E-state index is 0.0225. The van der Waals surface area contributed by atoms with Crippen LogP contribution in [-0.4, -0.2) is 31.5 Å². The number of carbonyl (C=O) groups excluding carboxylic acids is 1. The number of hydrogen-bond acceptors (Lipinski definition) is 3. The molecule has 2 rings (SSSR count). The zero-order chi connectivity index (χ0) is 15.8. The Kier molecular flexibility index (Phi) is 5.98. The summed E-state index contributed by atoms with van der Waals surface area (Å²) in [5, 5.41) is 2.93. The number of ether oxygens (including phenoxy) is 1. The molecule has 0 aliphatic rings. The summed E-state index contributed by atoms with van der Waals surface area (Å²) < 4.78 is 5.11. The second kappa shape index (κ2) is 8.20. The predicted octanol–water partition coefficient (Wildman–Crippen LogP) is 2.44. The lowest BCUT2D eigenvalue weighted by atomic mass is 10.2. The number of likely N-dealkylation sites (N-methyl/N-ethyl adjacent to an activating group) is 1. The first-order chi connectivity index (χ1) is 10.7. The number of rotatable bonds is 7. The van der Waals surface area contributed by atoms with E-state index < -0.39 is 0 Å². The van der Waals surface area contributed by atoms with E-state index in [1.54, 1.807) is 7.11 Å². The second-order valence-corrected chi connectivity index (χ2v) is 5.28. The highest BCUT2D eigenvalue weighted by atomic mass is 16.5. The molecule has 0 saturated heterocycles. The molecule has 0 bridgehead atoms. The minimum Gasteiger partial charge on any atom is -0.497 e. The molecule has 0 unspecified atom stereocenters. The highest BCUT2D eigenvalue weighted by Crippen LogP contribution is 2.10. The molecule has 0 spiro atoms. The quantitative estimate of drug-likeness (QED) is 0.853. The van der Waals surface area contributed by atoms with Gasteiger partial charge in [-0.1, -0.05) is 42.5 Å². The van der Waals surface area contributed by atoms with Crippen molar-refractivity contribution in [2.75, 3.05) is 20.7 Å². The zero-order valence-corrected chi connectivity index (χ0v) is 13.1. The van der Waals surface area contributed by atoms with Gasteiger partial charge in [-0.15, -0.1) is 0 Å². The normalized spacial score (nSPS) is 10.5. The molecule has 1 amide bonds. The van der Waals surface area contributed by atoms with Gasteiger partial charge in [0, 0.05) is 13.1 Å². The fourth-order valence-corrected chi connectivity index (χ4v) is 2.20. The fourth-order valence-electron chi connectivity index (χ4n) is 2.20. The van der Waals surface area contributed by atoms with Gasteiger partial charge in [0.2, 0.25) is 5.91 Å². The van der Waals surface area contributed by atoms with E-state index in [1.165, 1.54) is 5.56 Å². The van der Waals surface area contributed by atoms with Crippen molar-refractivity contribution >= 4 is 5.91 Å². The van der Waals surface area contributed by atoms with Crippen LogP contribution in [0.25, 0.3) is 0 Å². The van der Waals surface area contributed by atoms with Crippen LogP contribution in [0.2, 0.25) is 0 Å². The predicted molar refractivity (Wildman–Crippen MR) is 87.6 cm³/mol. The van der Waals surface area contributed by atoms with Gasteiger partial charge in [-0.3, -0.25) is 9.69 Å². The Labute approximate surface area is 131 Å². The Balaban J connectivity index is 1.75. The van der Waals surface area contributed by atoms with Gasteiger partial charge < -0.3 is 10.1 Å². The van der Waals surface area contributed by atoms with E-state index in [9.17, 15) is 4.79 Å². The molecule has 0 aliphatic carbocycles. The smallest absolute Gasteiger partial charge is 0.234 e. The SMILES string of the molecule is COc1ccc(CNC(=O)CN(C)Cc2ccccc2)cc1. The monoisotopic (exact) mass is 298 g/mol. The largest absolute Gasteiger partial charge is 0.497 e. The van der Waals surface area contributed by atoms with E-state index in [4.69, 9.17) is 4.74 Å². The van der Waals surface area contributed by atoms with Crippen LogP contribution in [0.15, 0.2) is 54.6 Å². The summed E-state index contributed by atoms with van der Waals surface area (Å²) >= 11 is 0. The van der Waals surface area contributed by atoms with Crippen LogP contribution in [0, 0.1) is 0 Å². The van der Waals surface area contributed by atoms with Gasteiger partial charge in [0.25, 0.3) is 0 Å². The van der Waals surface area contributed by atoms with Crippen LogP contribution in [0.4, 0.5) is 0 Å². The topological polar surface area (TPSA) is 41.6 Å². The van der Waals surface area contributed by atoms with Crippen LogP contribution in [0.5, 0.6) is 5.75 Å². The van der Waals surface area contributed by atoms with Gasteiger partial charge in [0.15, 0.2) is 0 Å². The maximum absolute atomic E-state index is 12.0. The molecule has 0 saturated carbocycles. The third-order valence-corrected chi connectivity index (χ3v) is 3.36. The van der Waals surface area contributed by atoms with Gasteiger partial charge in [-0.25, -0.2) is 0 Å². The lowest BCUT2D eigenvalue weighted by Crippen LogP contribution is -2.34. The summed E-state index contributed by atoms with van der Waals surface area (Å²) in [7, 11) is 3.58. The Morgan fingerprint density at radius 3 is 2.36 bits per heavy atom.